The third-order valence-corrected chi connectivity index (χ3v) is 8.05. The fourth-order valence-corrected chi connectivity index (χ4v) is 6.51. The van der Waals surface area contributed by atoms with Crippen molar-refractivity contribution in [1.29, 1.82) is 0 Å². The number of likely N-dealkylation sites (tertiary alicyclic amines) is 1. The molecule has 0 bridgehead atoms. The van der Waals surface area contributed by atoms with Crippen LogP contribution < -0.4 is 5.32 Å². The minimum Gasteiger partial charge on any atom is -0.325 e. The zero-order chi connectivity index (χ0) is 17.8. The lowest BCUT2D eigenvalue weighted by atomic mass is 10.1. The lowest BCUT2D eigenvalue weighted by molar-refractivity contribution is -0.120. The van der Waals surface area contributed by atoms with Crippen LogP contribution in [0.4, 0.5) is 5.69 Å². The van der Waals surface area contributed by atoms with Crippen LogP contribution in [0.1, 0.15) is 28.6 Å². The zero-order valence-electron chi connectivity index (χ0n) is 14.8. The Labute approximate surface area is 163 Å². The largest absolute Gasteiger partial charge is 0.325 e. The van der Waals surface area contributed by atoms with Gasteiger partial charge in [-0.3, -0.25) is 9.69 Å². The number of benzene rings is 2. The Bertz CT molecular complexity index is 747. The van der Waals surface area contributed by atoms with Crippen molar-refractivity contribution in [2.45, 2.75) is 30.0 Å². The fraction of sp³-hybridized carbons (Fsp3) is 0.381. The maximum atomic E-state index is 12.9. The summed E-state index contributed by atoms with van der Waals surface area (Å²) in [6, 6.07) is 18.8. The van der Waals surface area contributed by atoms with Gasteiger partial charge in [0.05, 0.1) is 10.6 Å². The molecule has 0 radical (unpaired) electrons. The lowest BCUT2D eigenvalue weighted by Crippen LogP contribution is -2.39. The highest BCUT2D eigenvalue weighted by atomic mass is 32.2. The number of thioether (sulfide) groups is 2. The summed E-state index contributed by atoms with van der Waals surface area (Å²) in [5.41, 5.74) is 3.50. The smallest absolute Gasteiger partial charge is 0.241 e. The molecule has 26 heavy (non-hydrogen) atoms. The van der Waals surface area contributed by atoms with E-state index in [4.69, 9.17) is 0 Å². The normalized spacial score (nSPS) is 21.2. The van der Waals surface area contributed by atoms with Gasteiger partial charge in [0.2, 0.25) is 5.91 Å². The highest BCUT2D eigenvalue weighted by Crippen LogP contribution is 2.45. The molecule has 0 spiro atoms. The van der Waals surface area contributed by atoms with Crippen LogP contribution >= 0.6 is 23.5 Å². The van der Waals surface area contributed by atoms with Gasteiger partial charge in [0.15, 0.2) is 0 Å². The Morgan fingerprint density at radius 2 is 1.88 bits per heavy atom. The molecule has 1 amide bonds. The molecule has 2 aliphatic rings. The van der Waals surface area contributed by atoms with E-state index in [2.05, 4.69) is 52.7 Å². The molecule has 2 aromatic carbocycles. The summed E-state index contributed by atoms with van der Waals surface area (Å²) < 4.78 is 0.507. The van der Waals surface area contributed by atoms with Crippen molar-refractivity contribution in [3.8, 4) is 0 Å². The van der Waals surface area contributed by atoms with Crippen LogP contribution in [0.25, 0.3) is 0 Å². The molecule has 4 rings (SSSR count). The van der Waals surface area contributed by atoms with Crippen LogP contribution in [-0.4, -0.2) is 34.9 Å². The van der Waals surface area contributed by atoms with Gasteiger partial charge in [0, 0.05) is 23.7 Å². The van der Waals surface area contributed by atoms with Gasteiger partial charge < -0.3 is 5.32 Å². The third kappa shape index (κ3) is 4.27. The topological polar surface area (TPSA) is 32.3 Å². The predicted molar refractivity (Wildman–Crippen MR) is 113 cm³/mol. The second-order valence-electron chi connectivity index (χ2n) is 6.80. The first-order valence-corrected chi connectivity index (χ1v) is 11.3. The Hall–Kier alpha value is -1.43. The summed E-state index contributed by atoms with van der Waals surface area (Å²) in [5.74, 6) is 2.55. The first-order valence-electron chi connectivity index (χ1n) is 9.21. The number of nitrogens with zero attached hydrogens (tertiary/aromatic N) is 1. The Kier molecular flexibility index (Phi) is 5.88. The van der Waals surface area contributed by atoms with E-state index in [0.717, 1.165) is 31.6 Å². The van der Waals surface area contributed by atoms with Crippen LogP contribution in [-0.2, 0) is 11.3 Å². The summed E-state index contributed by atoms with van der Waals surface area (Å²) in [5, 5.41) is 3.16. The molecule has 1 unspecified atom stereocenters. The third-order valence-electron chi connectivity index (χ3n) is 4.94. The molecule has 0 saturated carbocycles. The first-order chi connectivity index (χ1) is 12.8. The van der Waals surface area contributed by atoms with Gasteiger partial charge in [0.1, 0.15) is 0 Å². The van der Waals surface area contributed by atoms with E-state index in [9.17, 15) is 4.79 Å². The summed E-state index contributed by atoms with van der Waals surface area (Å²) in [4.78, 5) is 15.2. The molecule has 2 heterocycles. The van der Waals surface area contributed by atoms with Crippen molar-refractivity contribution in [2.24, 2.45) is 0 Å². The number of carbonyl (C=O) groups excluding carboxylic acids is 1. The van der Waals surface area contributed by atoms with Gasteiger partial charge >= 0.3 is 0 Å². The maximum absolute atomic E-state index is 12.9. The molecule has 0 aliphatic carbocycles. The second kappa shape index (κ2) is 8.51. The molecule has 3 nitrogen and oxygen atoms in total. The first kappa shape index (κ1) is 18.0. The van der Waals surface area contributed by atoms with Crippen molar-refractivity contribution in [3.05, 3.63) is 65.7 Å². The Morgan fingerprint density at radius 3 is 2.69 bits per heavy atom. The molecule has 136 valence electrons. The summed E-state index contributed by atoms with van der Waals surface area (Å²) in [6.45, 7) is 1.83. The van der Waals surface area contributed by atoms with Gasteiger partial charge in [-0.25, -0.2) is 0 Å². The Morgan fingerprint density at radius 1 is 1.08 bits per heavy atom. The summed E-state index contributed by atoms with van der Waals surface area (Å²) in [7, 11) is 0. The Balaban J connectivity index is 1.41. The van der Waals surface area contributed by atoms with Crippen LogP contribution in [0.3, 0.4) is 0 Å². The number of amides is 1. The van der Waals surface area contributed by atoms with Crippen molar-refractivity contribution in [3.63, 3.8) is 0 Å². The molecule has 2 fully saturated rings. The number of hydrogen-bond acceptors (Lipinski definition) is 4. The highest BCUT2D eigenvalue weighted by molar-refractivity contribution is 8.19. The monoisotopic (exact) mass is 384 g/mol. The highest BCUT2D eigenvalue weighted by Gasteiger charge is 2.30. The van der Waals surface area contributed by atoms with Gasteiger partial charge in [-0.15, -0.1) is 23.5 Å². The van der Waals surface area contributed by atoms with Crippen LogP contribution in [0, 0.1) is 0 Å². The minimum absolute atomic E-state index is 0.0332. The summed E-state index contributed by atoms with van der Waals surface area (Å²) in [6.07, 6.45) is 2.02. The molecular formula is C21H24N2OS2. The van der Waals surface area contributed by atoms with Crippen molar-refractivity contribution in [2.75, 3.05) is 23.4 Å². The van der Waals surface area contributed by atoms with E-state index in [1.807, 2.05) is 35.7 Å². The van der Waals surface area contributed by atoms with E-state index < -0.39 is 0 Å². The van der Waals surface area contributed by atoms with Crippen LogP contribution in [0.2, 0.25) is 0 Å². The van der Waals surface area contributed by atoms with E-state index in [0.29, 0.717) is 4.58 Å². The van der Waals surface area contributed by atoms with E-state index in [1.165, 1.54) is 22.6 Å². The van der Waals surface area contributed by atoms with E-state index >= 15 is 0 Å². The van der Waals surface area contributed by atoms with Crippen LogP contribution in [0.15, 0.2) is 54.6 Å². The standard InChI is InChI=1S/C21H24N2OS2/c24-20(19-10-5-11-23(19)15-16-6-2-1-3-7-16)22-18-9-4-8-17(14-18)21-25-12-13-26-21/h1-4,6-9,14,19,21H,5,10-13,15H2,(H,22,24). The van der Waals surface area contributed by atoms with Gasteiger partial charge in [-0.1, -0.05) is 42.5 Å². The van der Waals surface area contributed by atoms with E-state index in [-0.39, 0.29) is 11.9 Å². The molecule has 2 saturated heterocycles. The summed E-state index contributed by atoms with van der Waals surface area (Å²) >= 11 is 3.98. The van der Waals surface area contributed by atoms with Crippen molar-refractivity contribution in [1.82, 2.24) is 4.90 Å². The molecule has 1 atom stereocenters. The zero-order valence-corrected chi connectivity index (χ0v) is 16.4. The number of hydrogen-bond donors (Lipinski definition) is 1. The quantitative estimate of drug-likeness (QED) is 0.805. The van der Waals surface area contributed by atoms with Crippen molar-refractivity contribution < 1.29 is 4.79 Å². The number of carbonyl (C=O) groups is 1. The second-order valence-corrected chi connectivity index (χ2v) is 9.53. The van der Waals surface area contributed by atoms with Gasteiger partial charge in [-0.2, -0.15) is 0 Å². The average molecular weight is 385 g/mol. The molecule has 0 aromatic heterocycles. The van der Waals surface area contributed by atoms with Crippen molar-refractivity contribution >= 4 is 35.1 Å². The molecular weight excluding hydrogens is 360 g/mol. The number of anilines is 1. The van der Waals surface area contributed by atoms with Crippen LogP contribution in [0.5, 0.6) is 0 Å². The predicted octanol–water partition coefficient (Wildman–Crippen LogP) is 4.77. The molecule has 2 aliphatic heterocycles. The maximum Gasteiger partial charge on any atom is 0.241 e. The fourth-order valence-electron chi connectivity index (χ4n) is 3.67. The molecule has 5 heteroatoms. The number of rotatable bonds is 5. The number of nitrogens with one attached hydrogen (secondary N) is 1. The lowest BCUT2D eigenvalue weighted by Gasteiger charge is -2.24. The molecule has 1 N–H and O–H groups in total. The minimum atomic E-state index is -0.0332. The molecule has 2 aromatic rings. The van der Waals surface area contributed by atoms with Gasteiger partial charge in [0.25, 0.3) is 0 Å². The van der Waals surface area contributed by atoms with Gasteiger partial charge in [-0.05, 0) is 42.6 Å². The van der Waals surface area contributed by atoms with E-state index in [1.54, 1.807) is 0 Å². The average Bonchev–Trinajstić information content (AvgIpc) is 3.35. The SMILES string of the molecule is O=C(Nc1cccc(C2SCCS2)c1)C1CCCN1Cc1ccccc1.